The maximum Gasteiger partial charge on any atom is 0.303 e. The summed E-state index contributed by atoms with van der Waals surface area (Å²) in [7, 11) is 0. The zero-order chi connectivity index (χ0) is 20.8. The molecule has 5 heteroatoms. The highest BCUT2D eigenvalue weighted by Crippen LogP contribution is 2.42. The summed E-state index contributed by atoms with van der Waals surface area (Å²) in [4.78, 5) is 10.7. The van der Waals surface area contributed by atoms with Gasteiger partial charge in [0.25, 0.3) is 0 Å². The Kier molecular flexibility index (Phi) is 7.58. The van der Waals surface area contributed by atoms with Crippen LogP contribution in [0.25, 0.3) is 0 Å². The SMILES string of the molecule is Cc1c(C)c(CO)c(C)c(C(CCCCCC(=O)O)c2ccc(F)cc2)c1O. The molecule has 2 aromatic carbocycles. The lowest BCUT2D eigenvalue weighted by atomic mass is 9.80. The first-order valence-electron chi connectivity index (χ1n) is 9.67. The van der Waals surface area contributed by atoms with E-state index in [1.54, 1.807) is 12.1 Å². The van der Waals surface area contributed by atoms with Crippen LogP contribution in [-0.2, 0) is 11.4 Å². The Morgan fingerprint density at radius 3 is 2.21 bits per heavy atom. The molecule has 2 aromatic rings. The van der Waals surface area contributed by atoms with Crippen LogP contribution in [0.4, 0.5) is 4.39 Å². The summed E-state index contributed by atoms with van der Waals surface area (Å²) in [5, 5.41) is 29.5. The van der Waals surface area contributed by atoms with E-state index in [-0.39, 0.29) is 30.5 Å². The third-order valence-corrected chi connectivity index (χ3v) is 5.64. The fourth-order valence-electron chi connectivity index (χ4n) is 3.87. The smallest absolute Gasteiger partial charge is 0.303 e. The fourth-order valence-corrected chi connectivity index (χ4v) is 3.87. The summed E-state index contributed by atoms with van der Waals surface area (Å²) in [6.07, 6.45) is 3.00. The van der Waals surface area contributed by atoms with Gasteiger partial charge < -0.3 is 15.3 Å². The fraction of sp³-hybridized carbons (Fsp3) is 0.435. The minimum absolute atomic E-state index is 0.111. The Morgan fingerprint density at radius 2 is 1.64 bits per heavy atom. The number of phenolic OH excluding ortho intramolecular Hbond substituents is 1. The van der Waals surface area contributed by atoms with Crippen molar-refractivity contribution < 1.29 is 24.5 Å². The van der Waals surface area contributed by atoms with Crippen LogP contribution in [0.3, 0.4) is 0 Å². The molecule has 0 aliphatic rings. The summed E-state index contributed by atoms with van der Waals surface area (Å²) >= 11 is 0. The minimum atomic E-state index is -0.801. The summed E-state index contributed by atoms with van der Waals surface area (Å²) < 4.78 is 13.4. The van der Waals surface area contributed by atoms with E-state index >= 15 is 0 Å². The predicted octanol–water partition coefficient (Wildman–Crippen LogP) is 5.12. The van der Waals surface area contributed by atoms with Gasteiger partial charge in [-0.1, -0.05) is 25.0 Å². The number of aliphatic carboxylic acids is 1. The van der Waals surface area contributed by atoms with Gasteiger partial charge in [0.15, 0.2) is 0 Å². The number of carboxylic acid groups (broad SMARTS) is 1. The summed E-state index contributed by atoms with van der Waals surface area (Å²) in [5.74, 6) is -1.06. The Morgan fingerprint density at radius 1 is 1.00 bits per heavy atom. The second kappa shape index (κ2) is 9.69. The van der Waals surface area contributed by atoms with Crippen molar-refractivity contribution in [3.05, 3.63) is 63.5 Å². The lowest BCUT2D eigenvalue weighted by Gasteiger charge is -2.25. The molecule has 0 radical (unpaired) electrons. The van der Waals surface area contributed by atoms with Crippen LogP contribution in [0.15, 0.2) is 24.3 Å². The van der Waals surface area contributed by atoms with E-state index in [9.17, 15) is 19.4 Å². The highest BCUT2D eigenvalue weighted by Gasteiger charge is 2.24. The van der Waals surface area contributed by atoms with Crippen molar-refractivity contribution in [1.82, 2.24) is 0 Å². The molecule has 0 aromatic heterocycles. The highest BCUT2D eigenvalue weighted by atomic mass is 19.1. The molecule has 2 rings (SSSR count). The number of hydrogen-bond acceptors (Lipinski definition) is 3. The number of halogens is 1. The number of aromatic hydroxyl groups is 1. The van der Waals surface area contributed by atoms with E-state index in [1.807, 2.05) is 20.8 Å². The first-order valence-corrected chi connectivity index (χ1v) is 9.67. The zero-order valence-electron chi connectivity index (χ0n) is 16.8. The Labute approximate surface area is 165 Å². The summed E-state index contributed by atoms with van der Waals surface area (Å²) in [6, 6.07) is 6.27. The molecule has 0 saturated carbocycles. The molecule has 0 heterocycles. The number of carboxylic acids is 1. The molecule has 0 fully saturated rings. The van der Waals surface area contributed by atoms with E-state index in [4.69, 9.17) is 5.11 Å². The van der Waals surface area contributed by atoms with Gasteiger partial charge in [0.05, 0.1) is 6.61 Å². The summed E-state index contributed by atoms with van der Waals surface area (Å²) in [5.41, 5.74) is 4.93. The van der Waals surface area contributed by atoms with Gasteiger partial charge in [-0.15, -0.1) is 0 Å². The number of benzene rings is 2. The van der Waals surface area contributed by atoms with Gasteiger partial charge in [0, 0.05) is 17.9 Å². The highest BCUT2D eigenvalue weighted by molar-refractivity contribution is 5.66. The van der Waals surface area contributed by atoms with Crippen molar-refractivity contribution in [2.45, 2.75) is 65.4 Å². The van der Waals surface area contributed by atoms with Crippen LogP contribution in [-0.4, -0.2) is 21.3 Å². The standard InChI is InChI=1S/C23H29FO4/c1-14-15(2)23(28)22(16(3)20(14)13-25)19(7-5-4-6-8-21(26)27)17-9-11-18(24)12-10-17/h9-12,19,25,28H,4-8,13H2,1-3H3,(H,26,27). The number of aliphatic hydroxyl groups excluding tert-OH is 1. The third-order valence-electron chi connectivity index (χ3n) is 5.64. The molecule has 0 bridgehead atoms. The van der Waals surface area contributed by atoms with Crippen LogP contribution >= 0.6 is 0 Å². The number of unbranched alkanes of at least 4 members (excludes halogenated alkanes) is 2. The lowest BCUT2D eigenvalue weighted by molar-refractivity contribution is -0.137. The van der Waals surface area contributed by atoms with Gasteiger partial charge in [-0.25, -0.2) is 4.39 Å². The van der Waals surface area contributed by atoms with Gasteiger partial charge in [-0.3, -0.25) is 4.79 Å². The van der Waals surface area contributed by atoms with Gasteiger partial charge in [0.1, 0.15) is 11.6 Å². The Bertz CT molecular complexity index is 828. The van der Waals surface area contributed by atoms with E-state index < -0.39 is 5.97 Å². The van der Waals surface area contributed by atoms with Crippen LogP contribution in [0.5, 0.6) is 5.75 Å². The van der Waals surface area contributed by atoms with Gasteiger partial charge in [-0.2, -0.15) is 0 Å². The Balaban J connectivity index is 2.43. The second-order valence-electron chi connectivity index (χ2n) is 7.37. The predicted molar refractivity (Wildman–Crippen MR) is 107 cm³/mol. The molecule has 152 valence electrons. The van der Waals surface area contributed by atoms with Gasteiger partial charge >= 0.3 is 5.97 Å². The van der Waals surface area contributed by atoms with Crippen LogP contribution in [0, 0.1) is 26.6 Å². The molecule has 3 N–H and O–H groups in total. The van der Waals surface area contributed by atoms with Crippen LogP contribution < -0.4 is 0 Å². The summed E-state index contributed by atoms with van der Waals surface area (Å²) in [6.45, 7) is 5.51. The number of hydrogen-bond donors (Lipinski definition) is 3. The minimum Gasteiger partial charge on any atom is -0.507 e. The topological polar surface area (TPSA) is 77.8 Å². The molecule has 28 heavy (non-hydrogen) atoms. The lowest BCUT2D eigenvalue weighted by Crippen LogP contribution is -2.09. The van der Waals surface area contributed by atoms with Crippen molar-refractivity contribution in [2.24, 2.45) is 0 Å². The third kappa shape index (κ3) is 4.90. The molecule has 4 nitrogen and oxygen atoms in total. The first kappa shape index (κ1) is 21.9. The number of carbonyl (C=O) groups is 1. The van der Waals surface area contributed by atoms with Gasteiger partial charge in [0.2, 0.25) is 0 Å². The maximum absolute atomic E-state index is 13.4. The number of phenols is 1. The molecule has 1 atom stereocenters. The molecule has 0 aliphatic carbocycles. The molecular weight excluding hydrogens is 359 g/mol. The Hall–Kier alpha value is -2.40. The first-order chi connectivity index (χ1) is 13.3. The molecule has 0 saturated heterocycles. The van der Waals surface area contributed by atoms with E-state index in [2.05, 4.69) is 0 Å². The van der Waals surface area contributed by atoms with Crippen LogP contribution in [0.2, 0.25) is 0 Å². The van der Waals surface area contributed by atoms with Crippen LogP contribution in [0.1, 0.15) is 71.4 Å². The number of aliphatic hydroxyl groups is 1. The van der Waals surface area contributed by atoms with E-state index in [0.29, 0.717) is 12.8 Å². The molecule has 0 spiro atoms. The van der Waals surface area contributed by atoms with Crippen molar-refractivity contribution in [1.29, 1.82) is 0 Å². The maximum atomic E-state index is 13.4. The quantitative estimate of drug-likeness (QED) is 0.521. The monoisotopic (exact) mass is 388 g/mol. The van der Waals surface area contributed by atoms with Crippen molar-refractivity contribution in [3.8, 4) is 5.75 Å². The van der Waals surface area contributed by atoms with Gasteiger partial charge in [-0.05, 0) is 73.6 Å². The largest absolute Gasteiger partial charge is 0.507 e. The average Bonchev–Trinajstić information content (AvgIpc) is 2.65. The zero-order valence-corrected chi connectivity index (χ0v) is 16.8. The van der Waals surface area contributed by atoms with E-state index in [1.165, 1.54) is 12.1 Å². The molecule has 1 unspecified atom stereocenters. The number of rotatable bonds is 9. The van der Waals surface area contributed by atoms with Crippen molar-refractivity contribution in [3.63, 3.8) is 0 Å². The second-order valence-corrected chi connectivity index (χ2v) is 7.37. The van der Waals surface area contributed by atoms with Crippen molar-refractivity contribution in [2.75, 3.05) is 0 Å². The average molecular weight is 388 g/mol. The van der Waals surface area contributed by atoms with Crippen molar-refractivity contribution >= 4 is 5.97 Å². The normalized spacial score (nSPS) is 12.2. The molecule has 0 aliphatic heterocycles. The molecule has 0 amide bonds. The molecular formula is C23H29FO4. The van der Waals surface area contributed by atoms with E-state index in [0.717, 1.165) is 46.2 Å².